The van der Waals surface area contributed by atoms with Gasteiger partial charge in [0.1, 0.15) is 0 Å². The highest BCUT2D eigenvalue weighted by Crippen LogP contribution is 2.43. The first-order chi connectivity index (χ1) is 25.3. The van der Waals surface area contributed by atoms with Gasteiger partial charge in [0.05, 0.1) is 5.69 Å². The van der Waals surface area contributed by atoms with Crippen molar-refractivity contribution in [2.45, 2.75) is 0 Å². The summed E-state index contributed by atoms with van der Waals surface area (Å²) >= 11 is 0. The van der Waals surface area contributed by atoms with Crippen LogP contribution in [0.5, 0.6) is 0 Å². The second-order valence-corrected chi connectivity index (χ2v) is 13.3. The molecule has 0 atom stereocenters. The van der Waals surface area contributed by atoms with E-state index in [0.717, 1.165) is 17.1 Å². The predicted octanol–water partition coefficient (Wildman–Crippen LogP) is 14.3. The Balaban J connectivity index is 1.13. The second kappa shape index (κ2) is 12.0. The molecule has 0 spiro atoms. The predicted molar refractivity (Wildman–Crippen MR) is 220 cm³/mol. The van der Waals surface area contributed by atoms with Gasteiger partial charge in [-0.3, -0.25) is 0 Å². The lowest BCUT2D eigenvalue weighted by molar-refractivity contribution is 1.29. The molecule has 0 aliphatic carbocycles. The molecule has 0 unspecified atom stereocenters. The van der Waals surface area contributed by atoms with Gasteiger partial charge in [0, 0.05) is 16.9 Å². The minimum atomic E-state index is 1.11. The van der Waals surface area contributed by atoms with E-state index in [9.17, 15) is 0 Å². The van der Waals surface area contributed by atoms with Gasteiger partial charge < -0.3 is 4.90 Å². The highest BCUT2D eigenvalue weighted by Gasteiger charge is 2.18. The zero-order valence-corrected chi connectivity index (χ0v) is 28.0. The summed E-state index contributed by atoms with van der Waals surface area (Å²) in [6.07, 6.45) is 0. The lowest BCUT2D eigenvalue weighted by Gasteiger charge is -2.28. The zero-order valence-electron chi connectivity index (χ0n) is 28.0. The van der Waals surface area contributed by atoms with Gasteiger partial charge in [-0.1, -0.05) is 170 Å². The summed E-state index contributed by atoms with van der Waals surface area (Å²) in [6.45, 7) is 0. The van der Waals surface area contributed by atoms with Crippen LogP contribution in [0.4, 0.5) is 17.1 Å². The summed E-state index contributed by atoms with van der Waals surface area (Å²) < 4.78 is 0. The molecular weight excluding hydrogens is 615 g/mol. The Morgan fingerprint density at radius 2 is 0.745 bits per heavy atom. The fourth-order valence-electron chi connectivity index (χ4n) is 8.00. The van der Waals surface area contributed by atoms with Crippen molar-refractivity contribution in [3.05, 3.63) is 200 Å². The molecule has 0 amide bonds. The van der Waals surface area contributed by atoms with Crippen LogP contribution in [0.3, 0.4) is 0 Å². The molecule has 0 bridgehead atoms. The van der Waals surface area contributed by atoms with E-state index in [1.807, 2.05) is 0 Å². The molecule has 10 aromatic rings. The summed E-state index contributed by atoms with van der Waals surface area (Å²) in [5.41, 5.74) is 8.19. The smallest absolute Gasteiger partial charge is 0.0540 e. The van der Waals surface area contributed by atoms with Gasteiger partial charge in [0.25, 0.3) is 0 Å². The van der Waals surface area contributed by atoms with Crippen LogP contribution in [0, 0.1) is 0 Å². The standard InChI is InChI=1S/C50H33N/c1-2-11-34(12-3-1)45-17-8-9-20-50(45)51(40-28-30-44-38(33-40)22-21-35-13-4-6-15-41(35)44)39-26-23-37(24-27-39)43-18-10-19-46-47(43)31-32-48-42-16-7-5-14-36(42)25-29-49(46)48/h1-33H. The maximum atomic E-state index is 2.41. The third-order valence-corrected chi connectivity index (χ3v) is 10.4. The van der Waals surface area contributed by atoms with Crippen LogP contribution in [0.15, 0.2) is 200 Å². The van der Waals surface area contributed by atoms with Crippen molar-refractivity contribution in [2.75, 3.05) is 4.90 Å². The molecule has 0 aromatic heterocycles. The SMILES string of the molecule is c1ccc(-c2ccccc2N(c2ccc(-c3cccc4c3ccc3c5ccccc5ccc43)cc2)c2ccc3c(ccc4ccccc43)c2)cc1. The topological polar surface area (TPSA) is 3.24 Å². The molecule has 238 valence electrons. The van der Waals surface area contributed by atoms with Crippen molar-refractivity contribution in [1.82, 2.24) is 0 Å². The van der Waals surface area contributed by atoms with E-state index < -0.39 is 0 Å². The number of rotatable bonds is 5. The van der Waals surface area contributed by atoms with Crippen molar-refractivity contribution in [2.24, 2.45) is 0 Å². The minimum absolute atomic E-state index is 1.11. The van der Waals surface area contributed by atoms with Crippen LogP contribution in [-0.2, 0) is 0 Å². The molecule has 0 fully saturated rings. The Labute approximate surface area is 297 Å². The van der Waals surface area contributed by atoms with E-state index in [1.165, 1.54) is 76.1 Å². The van der Waals surface area contributed by atoms with Crippen molar-refractivity contribution in [3.63, 3.8) is 0 Å². The molecule has 51 heavy (non-hydrogen) atoms. The molecule has 1 nitrogen and oxygen atoms in total. The third kappa shape index (κ3) is 4.94. The molecule has 0 saturated heterocycles. The summed E-state index contributed by atoms with van der Waals surface area (Å²) in [6, 6.07) is 73.0. The van der Waals surface area contributed by atoms with Gasteiger partial charge in [0.15, 0.2) is 0 Å². The maximum absolute atomic E-state index is 2.41. The van der Waals surface area contributed by atoms with Gasteiger partial charge >= 0.3 is 0 Å². The first-order valence-corrected chi connectivity index (χ1v) is 17.6. The zero-order chi connectivity index (χ0) is 33.7. The Morgan fingerprint density at radius 1 is 0.255 bits per heavy atom. The number of hydrogen-bond donors (Lipinski definition) is 0. The molecular formula is C50H33N. The first-order valence-electron chi connectivity index (χ1n) is 17.6. The highest BCUT2D eigenvalue weighted by atomic mass is 15.1. The van der Waals surface area contributed by atoms with Crippen LogP contribution in [0.1, 0.15) is 0 Å². The Bertz CT molecular complexity index is 2900. The maximum Gasteiger partial charge on any atom is 0.0540 e. The van der Waals surface area contributed by atoms with Gasteiger partial charge in [-0.05, 0) is 101 Å². The number of benzene rings is 10. The van der Waals surface area contributed by atoms with Crippen molar-refractivity contribution in [3.8, 4) is 22.3 Å². The molecule has 10 rings (SSSR count). The summed E-state index contributed by atoms with van der Waals surface area (Å²) in [4.78, 5) is 2.41. The van der Waals surface area contributed by atoms with E-state index in [1.54, 1.807) is 0 Å². The summed E-state index contributed by atoms with van der Waals surface area (Å²) in [7, 11) is 0. The summed E-state index contributed by atoms with van der Waals surface area (Å²) in [5, 5.41) is 12.7. The normalized spacial score (nSPS) is 11.5. The second-order valence-electron chi connectivity index (χ2n) is 13.3. The van der Waals surface area contributed by atoms with E-state index >= 15 is 0 Å². The first kappa shape index (κ1) is 29.2. The molecule has 0 heterocycles. The van der Waals surface area contributed by atoms with Crippen LogP contribution >= 0.6 is 0 Å². The average Bonchev–Trinajstić information content (AvgIpc) is 3.21. The molecule has 0 saturated carbocycles. The lowest BCUT2D eigenvalue weighted by atomic mass is 9.92. The van der Waals surface area contributed by atoms with Crippen molar-refractivity contribution in [1.29, 1.82) is 0 Å². The fraction of sp³-hybridized carbons (Fsp3) is 0. The quantitative estimate of drug-likeness (QED) is 0.168. The molecule has 0 radical (unpaired) electrons. The third-order valence-electron chi connectivity index (χ3n) is 10.4. The van der Waals surface area contributed by atoms with Crippen LogP contribution in [0.25, 0.3) is 76.1 Å². The van der Waals surface area contributed by atoms with Gasteiger partial charge in [0.2, 0.25) is 0 Å². The van der Waals surface area contributed by atoms with Gasteiger partial charge in [-0.15, -0.1) is 0 Å². The molecule has 0 aliphatic rings. The molecule has 1 heteroatoms. The van der Waals surface area contributed by atoms with E-state index in [-0.39, 0.29) is 0 Å². The fourth-order valence-corrected chi connectivity index (χ4v) is 8.00. The Hall–Kier alpha value is -6.70. The number of fused-ring (bicyclic) bond motifs is 8. The number of para-hydroxylation sites is 1. The monoisotopic (exact) mass is 647 g/mol. The Kier molecular flexibility index (Phi) is 6.89. The minimum Gasteiger partial charge on any atom is -0.310 e. The number of nitrogens with zero attached hydrogens (tertiary/aromatic N) is 1. The van der Waals surface area contributed by atoms with Crippen molar-refractivity contribution < 1.29 is 0 Å². The number of hydrogen-bond acceptors (Lipinski definition) is 1. The van der Waals surface area contributed by atoms with Crippen LogP contribution < -0.4 is 4.90 Å². The van der Waals surface area contributed by atoms with E-state index in [4.69, 9.17) is 0 Å². The highest BCUT2D eigenvalue weighted by molar-refractivity contribution is 6.19. The molecule has 0 N–H and O–H groups in total. The van der Waals surface area contributed by atoms with Crippen molar-refractivity contribution >= 4 is 70.9 Å². The largest absolute Gasteiger partial charge is 0.310 e. The van der Waals surface area contributed by atoms with E-state index in [2.05, 4.69) is 205 Å². The van der Waals surface area contributed by atoms with Gasteiger partial charge in [-0.2, -0.15) is 0 Å². The molecule has 0 aliphatic heterocycles. The van der Waals surface area contributed by atoms with Crippen LogP contribution in [-0.4, -0.2) is 0 Å². The Morgan fingerprint density at radius 3 is 1.57 bits per heavy atom. The lowest BCUT2D eigenvalue weighted by Crippen LogP contribution is -2.11. The van der Waals surface area contributed by atoms with Gasteiger partial charge in [-0.25, -0.2) is 0 Å². The van der Waals surface area contributed by atoms with Crippen LogP contribution in [0.2, 0.25) is 0 Å². The summed E-state index contributed by atoms with van der Waals surface area (Å²) in [5.74, 6) is 0. The molecule has 10 aromatic carbocycles. The van der Waals surface area contributed by atoms with E-state index in [0.29, 0.717) is 0 Å². The number of anilines is 3. The average molecular weight is 648 g/mol.